The van der Waals surface area contributed by atoms with Crippen molar-refractivity contribution in [3.63, 3.8) is 0 Å². The molecule has 1 aliphatic rings. The Hall–Kier alpha value is -2.60. The maximum atomic E-state index is 12.8. The first kappa shape index (κ1) is 16.8. The number of aromatic nitrogens is 1. The average Bonchev–Trinajstić information content (AvgIpc) is 3.12. The molecule has 6 heteroatoms. The van der Waals surface area contributed by atoms with E-state index in [1.807, 2.05) is 41.1 Å². The Labute approximate surface area is 156 Å². The number of thiazole rings is 1. The summed E-state index contributed by atoms with van der Waals surface area (Å²) < 4.78 is 6.44. The number of nitrogens with zero attached hydrogens (tertiary/aromatic N) is 3. The minimum Gasteiger partial charge on any atom is -0.494 e. The van der Waals surface area contributed by atoms with Gasteiger partial charge >= 0.3 is 0 Å². The fraction of sp³-hybridized carbons (Fsp3) is 0.300. The zero-order chi connectivity index (χ0) is 18.1. The summed E-state index contributed by atoms with van der Waals surface area (Å²) in [5.74, 6) is 0.894. The molecule has 0 fully saturated rings. The molecule has 0 N–H and O–H groups in total. The first-order valence-electron chi connectivity index (χ1n) is 8.65. The Morgan fingerprint density at radius 3 is 2.85 bits per heavy atom. The molecule has 134 valence electrons. The zero-order valence-electron chi connectivity index (χ0n) is 14.9. The monoisotopic (exact) mass is 367 g/mol. The molecular formula is C20H21N3O2S. The number of hydrogen-bond donors (Lipinski definition) is 0. The van der Waals surface area contributed by atoms with Gasteiger partial charge < -0.3 is 14.5 Å². The molecule has 0 radical (unpaired) electrons. The van der Waals surface area contributed by atoms with Crippen LogP contribution in [0, 0.1) is 0 Å². The number of benzene rings is 2. The third-order valence-corrected chi connectivity index (χ3v) is 5.91. The Morgan fingerprint density at radius 1 is 1.23 bits per heavy atom. The van der Waals surface area contributed by atoms with Crippen LogP contribution in [0.4, 0.5) is 5.13 Å². The highest BCUT2D eigenvalue weighted by atomic mass is 32.1. The predicted octanol–water partition coefficient (Wildman–Crippen LogP) is 3.33. The fourth-order valence-electron chi connectivity index (χ4n) is 3.32. The number of fused-ring (bicyclic) bond motifs is 2. The largest absolute Gasteiger partial charge is 0.494 e. The first-order valence-corrected chi connectivity index (χ1v) is 9.46. The van der Waals surface area contributed by atoms with Crippen molar-refractivity contribution < 1.29 is 9.53 Å². The number of likely N-dealkylation sites (N-methyl/N-ethyl adjacent to an activating group) is 1. The van der Waals surface area contributed by atoms with Gasteiger partial charge in [-0.15, -0.1) is 0 Å². The van der Waals surface area contributed by atoms with E-state index in [-0.39, 0.29) is 5.91 Å². The van der Waals surface area contributed by atoms with Gasteiger partial charge in [0.25, 0.3) is 0 Å². The summed E-state index contributed by atoms with van der Waals surface area (Å²) in [6.07, 6.45) is 0.921. The second kappa shape index (κ2) is 6.96. The summed E-state index contributed by atoms with van der Waals surface area (Å²) >= 11 is 1.58. The molecule has 1 aromatic heterocycles. The van der Waals surface area contributed by atoms with Crippen molar-refractivity contribution in [3.8, 4) is 5.75 Å². The molecule has 0 saturated heterocycles. The number of rotatable bonds is 4. The van der Waals surface area contributed by atoms with Gasteiger partial charge in [-0.05, 0) is 29.7 Å². The summed E-state index contributed by atoms with van der Waals surface area (Å²) in [5.41, 5.74) is 3.45. The van der Waals surface area contributed by atoms with Crippen LogP contribution in [0.25, 0.3) is 10.2 Å². The van der Waals surface area contributed by atoms with E-state index in [0.29, 0.717) is 13.1 Å². The quantitative estimate of drug-likeness (QED) is 0.710. The summed E-state index contributed by atoms with van der Waals surface area (Å²) in [6, 6.07) is 14.2. The number of hydrogen-bond acceptors (Lipinski definition) is 5. The van der Waals surface area contributed by atoms with Crippen molar-refractivity contribution in [1.29, 1.82) is 0 Å². The molecule has 2 heterocycles. The van der Waals surface area contributed by atoms with Gasteiger partial charge in [0.2, 0.25) is 5.91 Å². The third kappa shape index (κ3) is 3.12. The summed E-state index contributed by atoms with van der Waals surface area (Å²) in [6.45, 7) is 1.79. The van der Waals surface area contributed by atoms with Gasteiger partial charge in [0.15, 0.2) is 5.13 Å². The van der Waals surface area contributed by atoms with Gasteiger partial charge in [-0.3, -0.25) is 4.79 Å². The average molecular weight is 367 g/mol. The summed E-state index contributed by atoms with van der Waals surface area (Å²) in [4.78, 5) is 21.3. The lowest BCUT2D eigenvalue weighted by Crippen LogP contribution is -2.41. The molecule has 0 atom stereocenters. The molecule has 0 spiro atoms. The highest BCUT2D eigenvalue weighted by Crippen LogP contribution is 2.33. The molecule has 26 heavy (non-hydrogen) atoms. The second-order valence-corrected chi connectivity index (χ2v) is 7.50. The van der Waals surface area contributed by atoms with E-state index in [9.17, 15) is 4.79 Å². The van der Waals surface area contributed by atoms with E-state index in [2.05, 4.69) is 23.2 Å². The standard InChI is InChI=1S/C20H21N3O2S/c1-22(20-21-19-16(25-2)8-5-9-17(19)26-20)13-18(24)23-11-10-14-6-3-4-7-15(14)12-23/h3-9H,10-13H2,1-2H3. The van der Waals surface area contributed by atoms with Crippen LogP contribution in [0.3, 0.4) is 0 Å². The number of ether oxygens (including phenoxy) is 1. The highest BCUT2D eigenvalue weighted by molar-refractivity contribution is 7.22. The van der Waals surface area contributed by atoms with E-state index in [4.69, 9.17) is 4.74 Å². The van der Waals surface area contributed by atoms with Crippen LogP contribution in [-0.2, 0) is 17.8 Å². The topological polar surface area (TPSA) is 45.7 Å². The van der Waals surface area contributed by atoms with Gasteiger partial charge in [-0.25, -0.2) is 4.98 Å². The highest BCUT2D eigenvalue weighted by Gasteiger charge is 2.22. The molecule has 4 rings (SSSR count). The molecule has 0 aliphatic carbocycles. The number of methoxy groups -OCH3 is 1. The molecule has 3 aromatic rings. The van der Waals surface area contributed by atoms with Crippen molar-refractivity contribution in [2.24, 2.45) is 0 Å². The van der Waals surface area contributed by atoms with Gasteiger partial charge in [-0.1, -0.05) is 41.7 Å². The predicted molar refractivity (Wildman–Crippen MR) is 105 cm³/mol. The van der Waals surface area contributed by atoms with Crippen molar-refractivity contribution in [2.45, 2.75) is 13.0 Å². The fourth-order valence-corrected chi connectivity index (χ4v) is 4.26. The van der Waals surface area contributed by atoms with E-state index in [1.54, 1.807) is 18.4 Å². The van der Waals surface area contributed by atoms with E-state index >= 15 is 0 Å². The molecule has 0 unspecified atom stereocenters. The number of para-hydroxylation sites is 1. The van der Waals surface area contributed by atoms with Crippen LogP contribution >= 0.6 is 11.3 Å². The smallest absolute Gasteiger partial charge is 0.242 e. The molecular weight excluding hydrogens is 346 g/mol. The minimum absolute atomic E-state index is 0.133. The number of carbonyl (C=O) groups excluding carboxylic acids is 1. The summed E-state index contributed by atoms with van der Waals surface area (Å²) in [7, 11) is 3.56. The maximum absolute atomic E-state index is 12.8. The molecule has 0 bridgehead atoms. The van der Waals surface area contributed by atoms with Crippen LogP contribution in [0.2, 0.25) is 0 Å². The maximum Gasteiger partial charge on any atom is 0.242 e. The lowest BCUT2D eigenvalue weighted by atomic mass is 10.00. The first-order chi connectivity index (χ1) is 12.7. The van der Waals surface area contributed by atoms with Crippen molar-refractivity contribution in [3.05, 3.63) is 53.6 Å². The van der Waals surface area contributed by atoms with Gasteiger partial charge in [-0.2, -0.15) is 0 Å². The van der Waals surface area contributed by atoms with Crippen LogP contribution in [-0.4, -0.2) is 43.0 Å². The van der Waals surface area contributed by atoms with Crippen LogP contribution in [0.5, 0.6) is 5.75 Å². The molecule has 5 nitrogen and oxygen atoms in total. The minimum atomic E-state index is 0.133. The van der Waals surface area contributed by atoms with Crippen LogP contribution in [0.15, 0.2) is 42.5 Å². The van der Waals surface area contributed by atoms with E-state index in [0.717, 1.165) is 34.1 Å². The normalized spacial score (nSPS) is 13.5. The van der Waals surface area contributed by atoms with Gasteiger partial charge in [0.05, 0.1) is 18.4 Å². The van der Waals surface area contributed by atoms with Crippen LogP contribution in [0.1, 0.15) is 11.1 Å². The SMILES string of the molecule is COc1cccc2sc(N(C)CC(=O)N3CCc4ccccc4C3)nc12. The summed E-state index contributed by atoms with van der Waals surface area (Å²) in [5, 5.41) is 0.829. The Morgan fingerprint density at radius 2 is 2.04 bits per heavy atom. The van der Waals surface area contributed by atoms with Crippen molar-refractivity contribution in [1.82, 2.24) is 9.88 Å². The Balaban J connectivity index is 1.48. The van der Waals surface area contributed by atoms with Crippen LogP contribution < -0.4 is 9.64 Å². The molecule has 0 saturated carbocycles. The molecule has 1 amide bonds. The number of anilines is 1. The Bertz CT molecular complexity index is 953. The van der Waals surface area contributed by atoms with Crippen molar-refractivity contribution in [2.75, 3.05) is 32.1 Å². The number of amides is 1. The zero-order valence-corrected chi connectivity index (χ0v) is 15.8. The molecule has 2 aromatic carbocycles. The molecule has 1 aliphatic heterocycles. The lowest BCUT2D eigenvalue weighted by molar-refractivity contribution is -0.130. The lowest BCUT2D eigenvalue weighted by Gasteiger charge is -2.30. The Kier molecular flexibility index (Phi) is 4.51. The van der Waals surface area contributed by atoms with Crippen molar-refractivity contribution >= 4 is 32.6 Å². The number of carbonyl (C=O) groups is 1. The second-order valence-electron chi connectivity index (χ2n) is 6.49. The van der Waals surface area contributed by atoms with E-state index in [1.165, 1.54) is 11.1 Å². The van der Waals surface area contributed by atoms with Gasteiger partial charge in [0.1, 0.15) is 11.3 Å². The third-order valence-electron chi connectivity index (χ3n) is 4.77. The van der Waals surface area contributed by atoms with Gasteiger partial charge in [0, 0.05) is 20.1 Å². The van der Waals surface area contributed by atoms with E-state index < -0.39 is 0 Å².